The summed E-state index contributed by atoms with van der Waals surface area (Å²) in [6, 6.07) is 6.11. The van der Waals surface area contributed by atoms with Crippen molar-refractivity contribution in [1.29, 1.82) is 0 Å². The number of amides is 1. The first-order valence-electron chi connectivity index (χ1n) is 7.28. The van der Waals surface area contributed by atoms with Gasteiger partial charge in [-0.2, -0.15) is 5.10 Å². The number of carbonyl (C=O) groups is 1. The summed E-state index contributed by atoms with van der Waals surface area (Å²) in [7, 11) is 1.80. The molecule has 3 rings (SSSR count). The summed E-state index contributed by atoms with van der Waals surface area (Å²) < 4.78 is 2.92. The minimum absolute atomic E-state index is 0.0405. The molecule has 0 aliphatic carbocycles. The van der Waals surface area contributed by atoms with E-state index in [9.17, 15) is 4.79 Å². The lowest BCUT2D eigenvalue weighted by Crippen LogP contribution is -2.25. The highest BCUT2D eigenvalue weighted by Gasteiger charge is 2.16. The Morgan fingerprint density at radius 2 is 2.17 bits per heavy atom. The fourth-order valence-corrected chi connectivity index (χ4v) is 3.93. The van der Waals surface area contributed by atoms with Gasteiger partial charge in [0, 0.05) is 29.5 Å². The normalized spacial score (nSPS) is 11.3. The number of hydrogen-bond acceptors (Lipinski definition) is 4. The minimum Gasteiger partial charge on any atom is -0.337 e. The zero-order valence-corrected chi connectivity index (χ0v) is 15.6. The molecule has 0 aliphatic heterocycles. The third kappa shape index (κ3) is 3.30. The van der Waals surface area contributed by atoms with Gasteiger partial charge in [0.2, 0.25) is 0 Å². The Labute approximate surface area is 147 Å². The summed E-state index contributed by atoms with van der Waals surface area (Å²) in [5.41, 5.74) is 1.39. The summed E-state index contributed by atoms with van der Waals surface area (Å²) in [5.74, 6) is -0.0405. The maximum atomic E-state index is 12.6. The molecule has 0 saturated carbocycles. The van der Waals surface area contributed by atoms with Crippen LogP contribution in [-0.2, 0) is 6.54 Å². The molecule has 7 heteroatoms. The molecular formula is C16H17BrN4OS. The number of rotatable bonds is 4. The summed E-state index contributed by atoms with van der Waals surface area (Å²) in [6.07, 6.45) is 3.39. The van der Waals surface area contributed by atoms with Gasteiger partial charge in [-0.3, -0.25) is 4.79 Å². The standard InChI is InChI=1S/C16H17BrN4OS/c1-10(2)21-15-11(8-19-21)6-12(7-18-15)16(22)20(3)9-13-4-5-14(17)23-13/h4-8,10H,9H2,1-3H3. The van der Waals surface area contributed by atoms with E-state index in [1.807, 2.05) is 22.9 Å². The molecule has 120 valence electrons. The van der Waals surface area contributed by atoms with Crippen LogP contribution in [0.1, 0.15) is 35.1 Å². The van der Waals surface area contributed by atoms with Gasteiger partial charge in [-0.05, 0) is 48.0 Å². The number of pyridine rings is 1. The molecule has 23 heavy (non-hydrogen) atoms. The van der Waals surface area contributed by atoms with Crippen LogP contribution < -0.4 is 0 Å². The van der Waals surface area contributed by atoms with Crippen molar-refractivity contribution in [2.24, 2.45) is 0 Å². The first-order chi connectivity index (χ1) is 11.0. The molecule has 0 saturated heterocycles. The van der Waals surface area contributed by atoms with E-state index in [2.05, 4.69) is 39.9 Å². The predicted octanol–water partition coefficient (Wildman–Crippen LogP) is 4.11. The first-order valence-corrected chi connectivity index (χ1v) is 8.89. The van der Waals surface area contributed by atoms with Gasteiger partial charge in [0.05, 0.1) is 22.1 Å². The number of carbonyl (C=O) groups excluding carboxylic acids is 1. The van der Waals surface area contributed by atoms with Crippen molar-refractivity contribution in [2.45, 2.75) is 26.4 Å². The predicted molar refractivity (Wildman–Crippen MR) is 95.7 cm³/mol. The third-order valence-electron chi connectivity index (χ3n) is 3.54. The zero-order valence-electron chi connectivity index (χ0n) is 13.2. The molecule has 0 aromatic carbocycles. The van der Waals surface area contributed by atoms with Gasteiger partial charge in [0.25, 0.3) is 5.91 Å². The van der Waals surface area contributed by atoms with Gasteiger partial charge < -0.3 is 4.90 Å². The van der Waals surface area contributed by atoms with Gasteiger partial charge >= 0.3 is 0 Å². The van der Waals surface area contributed by atoms with Crippen LogP contribution in [0.4, 0.5) is 0 Å². The van der Waals surface area contributed by atoms with Crippen molar-refractivity contribution >= 4 is 44.2 Å². The highest BCUT2D eigenvalue weighted by atomic mass is 79.9. The van der Waals surface area contributed by atoms with Crippen molar-refractivity contribution in [2.75, 3.05) is 7.05 Å². The summed E-state index contributed by atoms with van der Waals surface area (Å²) in [4.78, 5) is 19.9. The molecule has 0 bridgehead atoms. The SMILES string of the molecule is CC(C)n1ncc2cc(C(=O)N(C)Cc3ccc(Br)s3)cnc21. The maximum absolute atomic E-state index is 12.6. The van der Waals surface area contributed by atoms with Crippen LogP contribution in [-0.4, -0.2) is 32.6 Å². The molecule has 0 N–H and O–H groups in total. The quantitative estimate of drug-likeness (QED) is 0.671. The van der Waals surface area contributed by atoms with Crippen LogP contribution in [0, 0.1) is 0 Å². The van der Waals surface area contributed by atoms with Crippen LogP contribution in [0.25, 0.3) is 11.0 Å². The molecule has 3 aromatic rings. The zero-order chi connectivity index (χ0) is 16.6. The summed E-state index contributed by atoms with van der Waals surface area (Å²) in [5, 5.41) is 5.22. The lowest BCUT2D eigenvalue weighted by Gasteiger charge is -2.16. The minimum atomic E-state index is -0.0405. The molecule has 0 atom stereocenters. The lowest BCUT2D eigenvalue weighted by atomic mass is 10.2. The van der Waals surface area contributed by atoms with Gasteiger partial charge in [-0.15, -0.1) is 11.3 Å². The molecule has 0 spiro atoms. The molecule has 0 aliphatic rings. The molecule has 3 heterocycles. The highest BCUT2D eigenvalue weighted by Crippen LogP contribution is 2.24. The smallest absolute Gasteiger partial charge is 0.255 e. The fraction of sp³-hybridized carbons (Fsp3) is 0.312. The largest absolute Gasteiger partial charge is 0.337 e. The van der Waals surface area contributed by atoms with Gasteiger partial charge in [-0.25, -0.2) is 9.67 Å². The van der Waals surface area contributed by atoms with Crippen LogP contribution in [0.3, 0.4) is 0 Å². The van der Waals surface area contributed by atoms with E-state index in [4.69, 9.17) is 0 Å². The number of nitrogens with zero attached hydrogens (tertiary/aromatic N) is 4. The van der Waals surface area contributed by atoms with E-state index in [0.717, 1.165) is 19.7 Å². The Balaban J connectivity index is 1.82. The number of thiophene rings is 1. The Hall–Kier alpha value is -1.73. The van der Waals surface area contributed by atoms with Crippen LogP contribution in [0.2, 0.25) is 0 Å². The van der Waals surface area contributed by atoms with Gasteiger partial charge in [0.15, 0.2) is 5.65 Å². The van der Waals surface area contributed by atoms with Crippen LogP contribution in [0.5, 0.6) is 0 Å². The lowest BCUT2D eigenvalue weighted by molar-refractivity contribution is 0.0786. The molecule has 0 radical (unpaired) electrons. The molecule has 5 nitrogen and oxygen atoms in total. The van der Waals surface area contributed by atoms with Gasteiger partial charge in [0.1, 0.15) is 0 Å². The van der Waals surface area contributed by atoms with E-state index < -0.39 is 0 Å². The Bertz CT molecular complexity index is 855. The average Bonchev–Trinajstić information content (AvgIpc) is 3.11. The number of aromatic nitrogens is 3. The van der Waals surface area contributed by atoms with Crippen molar-refractivity contribution in [3.8, 4) is 0 Å². The van der Waals surface area contributed by atoms with E-state index in [0.29, 0.717) is 12.1 Å². The van der Waals surface area contributed by atoms with Crippen molar-refractivity contribution in [3.63, 3.8) is 0 Å². The maximum Gasteiger partial charge on any atom is 0.255 e. The molecule has 0 unspecified atom stereocenters. The molecule has 1 amide bonds. The van der Waals surface area contributed by atoms with E-state index in [-0.39, 0.29) is 11.9 Å². The second-order valence-electron chi connectivity index (χ2n) is 5.69. The topological polar surface area (TPSA) is 51.0 Å². The van der Waals surface area contributed by atoms with E-state index >= 15 is 0 Å². The number of fused-ring (bicyclic) bond motifs is 1. The Kier molecular flexibility index (Phi) is 4.50. The monoisotopic (exact) mass is 392 g/mol. The highest BCUT2D eigenvalue weighted by molar-refractivity contribution is 9.11. The fourth-order valence-electron chi connectivity index (χ4n) is 2.40. The number of halogens is 1. The molecule has 3 aromatic heterocycles. The van der Waals surface area contributed by atoms with Crippen molar-refractivity contribution < 1.29 is 4.79 Å². The summed E-state index contributed by atoms with van der Waals surface area (Å²) in [6.45, 7) is 4.69. The van der Waals surface area contributed by atoms with Crippen LogP contribution in [0.15, 0.2) is 34.4 Å². The number of hydrogen-bond donors (Lipinski definition) is 0. The van der Waals surface area contributed by atoms with E-state index in [1.54, 1.807) is 35.7 Å². The van der Waals surface area contributed by atoms with Crippen LogP contribution >= 0.6 is 27.3 Å². The van der Waals surface area contributed by atoms with Crippen molar-refractivity contribution in [3.05, 3.63) is 44.8 Å². The molecular weight excluding hydrogens is 376 g/mol. The Morgan fingerprint density at radius 1 is 1.39 bits per heavy atom. The second kappa shape index (κ2) is 6.41. The molecule has 0 fully saturated rings. The van der Waals surface area contributed by atoms with Gasteiger partial charge in [-0.1, -0.05) is 0 Å². The van der Waals surface area contributed by atoms with E-state index in [1.165, 1.54) is 0 Å². The second-order valence-corrected chi connectivity index (χ2v) is 8.23. The Morgan fingerprint density at radius 3 is 2.83 bits per heavy atom. The summed E-state index contributed by atoms with van der Waals surface area (Å²) >= 11 is 5.07. The van der Waals surface area contributed by atoms with Crippen molar-refractivity contribution in [1.82, 2.24) is 19.7 Å². The first kappa shape index (κ1) is 16.1. The third-order valence-corrected chi connectivity index (χ3v) is 5.15. The average molecular weight is 393 g/mol.